The van der Waals surface area contributed by atoms with Crippen LogP contribution in [0.25, 0.3) is 10.9 Å². The Balaban J connectivity index is 2.68. The van der Waals surface area contributed by atoms with Crippen LogP contribution >= 0.6 is 15.9 Å². The number of benzene rings is 1. The molecule has 1 heterocycles. The lowest BCUT2D eigenvalue weighted by Crippen LogP contribution is -2.10. The van der Waals surface area contributed by atoms with Gasteiger partial charge in [-0.2, -0.15) is 0 Å². The summed E-state index contributed by atoms with van der Waals surface area (Å²) in [6.07, 6.45) is 0. The number of halogens is 1. The second-order valence-electron chi connectivity index (χ2n) is 3.39. The number of nitrogens with zero attached hydrogens (tertiary/aromatic N) is 2. The molecule has 3 nitrogen and oxygen atoms in total. The van der Waals surface area contributed by atoms with Gasteiger partial charge in [-0.1, -0.05) is 12.1 Å². The van der Waals surface area contributed by atoms with Crippen molar-refractivity contribution in [2.45, 2.75) is 13.5 Å². The number of fused-ring (bicyclic) bond motifs is 1. The molecule has 0 aliphatic rings. The first-order valence-corrected chi connectivity index (χ1v) is 5.58. The Labute approximate surface area is 97.1 Å². The third kappa shape index (κ3) is 2.01. The van der Waals surface area contributed by atoms with Crippen LogP contribution in [-0.4, -0.2) is 17.0 Å². The molecule has 78 valence electrons. The number of aromatic nitrogens is 2. The summed E-state index contributed by atoms with van der Waals surface area (Å²) in [7, 11) is 1.89. The fourth-order valence-electron chi connectivity index (χ4n) is 1.57. The molecule has 2 aromatic rings. The molecule has 1 aromatic heterocycles. The maximum atomic E-state index is 4.50. The predicted octanol–water partition coefficient (Wildman–Crippen LogP) is 2.42. The van der Waals surface area contributed by atoms with Crippen LogP contribution in [0.15, 0.2) is 22.7 Å². The highest BCUT2D eigenvalue weighted by Gasteiger charge is 2.05. The van der Waals surface area contributed by atoms with Crippen molar-refractivity contribution in [2.75, 3.05) is 7.05 Å². The Kier molecular flexibility index (Phi) is 2.98. The summed E-state index contributed by atoms with van der Waals surface area (Å²) >= 11 is 3.51. The molecule has 0 atom stereocenters. The van der Waals surface area contributed by atoms with Crippen molar-refractivity contribution >= 4 is 26.8 Å². The molecule has 0 unspecified atom stereocenters. The third-order valence-electron chi connectivity index (χ3n) is 2.25. The highest BCUT2D eigenvalue weighted by molar-refractivity contribution is 9.10. The summed E-state index contributed by atoms with van der Waals surface area (Å²) in [6, 6.07) is 6.04. The molecule has 2 rings (SSSR count). The number of para-hydroxylation sites is 1. The lowest BCUT2D eigenvalue weighted by molar-refractivity contribution is 0.759. The van der Waals surface area contributed by atoms with Crippen LogP contribution in [0, 0.1) is 6.92 Å². The first kappa shape index (κ1) is 10.5. The summed E-state index contributed by atoms with van der Waals surface area (Å²) in [5.41, 5.74) is 2.00. The van der Waals surface area contributed by atoms with Crippen molar-refractivity contribution < 1.29 is 0 Å². The van der Waals surface area contributed by atoms with Crippen LogP contribution in [0.1, 0.15) is 11.5 Å². The van der Waals surface area contributed by atoms with Crippen molar-refractivity contribution in [2.24, 2.45) is 0 Å². The average molecular weight is 266 g/mol. The highest BCUT2D eigenvalue weighted by Crippen LogP contribution is 2.23. The molecular formula is C11H12BrN3. The monoisotopic (exact) mass is 265 g/mol. The lowest BCUT2D eigenvalue weighted by atomic mass is 10.2. The van der Waals surface area contributed by atoms with Gasteiger partial charge in [0, 0.05) is 15.6 Å². The fraction of sp³-hybridized carbons (Fsp3) is 0.273. The molecule has 1 N–H and O–H groups in total. The SMILES string of the molecule is CNCc1nc(C)c2cccc(Br)c2n1. The van der Waals surface area contributed by atoms with E-state index in [1.54, 1.807) is 0 Å². The van der Waals surface area contributed by atoms with Crippen molar-refractivity contribution in [1.29, 1.82) is 0 Å². The quantitative estimate of drug-likeness (QED) is 0.907. The molecule has 0 spiro atoms. The van der Waals surface area contributed by atoms with Crippen molar-refractivity contribution in [3.8, 4) is 0 Å². The Morgan fingerprint density at radius 3 is 2.87 bits per heavy atom. The van der Waals surface area contributed by atoms with E-state index in [4.69, 9.17) is 0 Å². The minimum absolute atomic E-state index is 0.693. The molecule has 0 radical (unpaired) electrons. The third-order valence-corrected chi connectivity index (χ3v) is 2.89. The van der Waals surface area contributed by atoms with Crippen molar-refractivity contribution in [1.82, 2.24) is 15.3 Å². The second-order valence-corrected chi connectivity index (χ2v) is 4.25. The number of rotatable bonds is 2. The van der Waals surface area contributed by atoms with E-state index in [0.717, 1.165) is 26.9 Å². The average Bonchev–Trinajstić information content (AvgIpc) is 2.20. The summed E-state index contributed by atoms with van der Waals surface area (Å²) < 4.78 is 1.02. The first-order chi connectivity index (χ1) is 7.22. The number of nitrogens with one attached hydrogen (secondary N) is 1. The van der Waals surface area contributed by atoms with Gasteiger partial charge in [-0.05, 0) is 36.0 Å². The fourth-order valence-corrected chi connectivity index (χ4v) is 2.02. The van der Waals surface area contributed by atoms with E-state index >= 15 is 0 Å². The van der Waals surface area contributed by atoms with Gasteiger partial charge < -0.3 is 5.32 Å². The molecule has 0 aliphatic carbocycles. The van der Waals surface area contributed by atoms with Gasteiger partial charge in [0.05, 0.1) is 12.1 Å². The minimum Gasteiger partial charge on any atom is -0.313 e. The molecule has 0 aliphatic heterocycles. The summed E-state index contributed by atoms with van der Waals surface area (Å²) in [5, 5.41) is 4.16. The van der Waals surface area contributed by atoms with E-state index in [9.17, 15) is 0 Å². The smallest absolute Gasteiger partial charge is 0.143 e. The normalized spacial score (nSPS) is 10.9. The van der Waals surface area contributed by atoms with Crippen LogP contribution in [0.2, 0.25) is 0 Å². The number of hydrogen-bond donors (Lipinski definition) is 1. The Morgan fingerprint density at radius 2 is 2.13 bits per heavy atom. The number of hydrogen-bond acceptors (Lipinski definition) is 3. The first-order valence-electron chi connectivity index (χ1n) is 4.78. The Hall–Kier alpha value is -1.00. The molecule has 1 aromatic carbocycles. The molecule has 0 fully saturated rings. The molecule has 0 amide bonds. The van der Waals surface area contributed by atoms with E-state index in [1.165, 1.54) is 0 Å². The van der Waals surface area contributed by atoms with Crippen molar-refractivity contribution in [3.63, 3.8) is 0 Å². The summed E-state index contributed by atoms with van der Waals surface area (Å²) in [4.78, 5) is 8.94. The molecule has 15 heavy (non-hydrogen) atoms. The zero-order chi connectivity index (χ0) is 10.8. The molecule has 0 bridgehead atoms. The predicted molar refractivity (Wildman–Crippen MR) is 64.7 cm³/mol. The van der Waals surface area contributed by atoms with Gasteiger partial charge in [-0.3, -0.25) is 0 Å². The van der Waals surface area contributed by atoms with E-state index in [2.05, 4.69) is 31.2 Å². The van der Waals surface area contributed by atoms with Crippen LogP contribution < -0.4 is 5.32 Å². The second kappa shape index (κ2) is 4.24. The zero-order valence-electron chi connectivity index (χ0n) is 8.71. The van der Waals surface area contributed by atoms with E-state index in [0.29, 0.717) is 6.54 Å². The number of aryl methyl sites for hydroxylation is 1. The van der Waals surface area contributed by atoms with E-state index < -0.39 is 0 Å². The van der Waals surface area contributed by atoms with Gasteiger partial charge in [0.25, 0.3) is 0 Å². The van der Waals surface area contributed by atoms with Crippen LogP contribution in [0.5, 0.6) is 0 Å². The minimum atomic E-state index is 0.693. The summed E-state index contributed by atoms with van der Waals surface area (Å²) in [6.45, 7) is 2.70. The van der Waals surface area contributed by atoms with Crippen molar-refractivity contribution in [3.05, 3.63) is 34.2 Å². The molecule has 0 saturated heterocycles. The van der Waals surface area contributed by atoms with Gasteiger partial charge >= 0.3 is 0 Å². The molecule has 0 saturated carbocycles. The topological polar surface area (TPSA) is 37.8 Å². The van der Waals surface area contributed by atoms with Crippen LogP contribution in [0.3, 0.4) is 0 Å². The maximum absolute atomic E-state index is 4.50. The molecule has 4 heteroatoms. The van der Waals surface area contributed by atoms with Gasteiger partial charge in [-0.25, -0.2) is 9.97 Å². The van der Waals surface area contributed by atoms with Gasteiger partial charge in [0.1, 0.15) is 5.82 Å². The van der Waals surface area contributed by atoms with E-state index in [-0.39, 0.29) is 0 Å². The van der Waals surface area contributed by atoms with E-state index in [1.807, 2.05) is 32.2 Å². The lowest BCUT2D eigenvalue weighted by Gasteiger charge is -2.06. The Bertz CT molecular complexity index is 496. The zero-order valence-corrected chi connectivity index (χ0v) is 10.3. The Morgan fingerprint density at radius 1 is 1.33 bits per heavy atom. The maximum Gasteiger partial charge on any atom is 0.143 e. The largest absolute Gasteiger partial charge is 0.313 e. The standard InChI is InChI=1S/C11H12BrN3/c1-7-8-4-3-5-9(12)11(8)15-10(14-7)6-13-2/h3-5,13H,6H2,1-2H3. The van der Waals surface area contributed by atoms with Gasteiger partial charge in [0.15, 0.2) is 0 Å². The molecular weight excluding hydrogens is 254 g/mol. The van der Waals surface area contributed by atoms with Gasteiger partial charge in [0.2, 0.25) is 0 Å². The van der Waals surface area contributed by atoms with Gasteiger partial charge in [-0.15, -0.1) is 0 Å². The van der Waals surface area contributed by atoms with Crippen LogP contribution in [0.4, 0.5) is 0 Å². The summed E-state index contributed by atoms with van der Waals surface area (Å²) in [5.74, 6) is 0.828. The highest BCUT2D eigenvalue weighted by atomic mass is 79.9. The van der Waals surface area contributed by atoms with Crippen LogP contribution in [-0.2, 0) is 6.54 Å².